The summed E-state index contributed by atoms with van der Waals surface area (Å²) in [5, 5.41) is 0. The van der Waals surface area contributed by atoms with Crippen molar-refractivity contribution < 1.29 is 4.58 Å². The van der Waals surface area contributed by atoms with Crippen molar-refractivity contribution in [2.75, 3.05) is 26.2 Å². The van der Waals surface area contributed by atoms with Gasteiger partial charge in [0.15, 0.2) is 0 Å². The van der Waals surface area contributed by atoms with Crippen LogP contribution in [0, 0.1) is 0 Å². The Morgan fingerprint density at radius 3 is 2.14 bits per heavy atom. The van der Waals surface area contributed by atoms with Gasteiger partial charge in [0, 0.05) is 0 Å². The summed E-state index contributed by atoms with van der Waals surface area (Å²) in [6, 6.07) is 0. The normalized spacial score (nSPS) is 19.2. The van der Waals surface area contributed by atoms with Gasteiger partial charge in [-0.15, -0.1) is 0 Å². The van der Waals surface area contributed by atoms with E-state index in [4.69, 9.17) is 0 Å². The Labute approximate surface area is 139 Å². The van der Waals surface area contributed by atoms with Gasteiger partial charge in [-0.3, -0.25) is 9.48 Å². The molecule has 0 atom stereocenters. The molecule has 0 spiro atoms. The Morgan fingerprint density at radius 2 is 1.45 bits per heavy atom. The van der Waals surface area contributed by atoms with Gasteiger partial charge < -0.3 is 0 Å². The molecular formula is C20H39N2+. The van der Waals surface area contributed by atoms with E-state index < -0.39 is 0 Å². The van der Waals surface area contributed by atoms with Gasteiger partial charge >= 0.3 is 0 Å². The molecule has 0 aromatic rings. The maximum absolute atomic E-state index is 2.73. The van der Waals surface area contributed by atoms with Crippen LogP contribution in [0.2, 0.25) is 0 Å². The van der Waals surface area contributed by atoms with Crippen molar-refractivity contribution in [1.82, 2.24) is 4.90 Å². The van der Waals surface area contributed by atoms with Crippen LogP contribution < -0.4 is 0 Å². The summed E-state index contributed by atoms with van der Waals surface area (Å²) in [5.74, 6) is 1.68. The van der Waals surface area contributed by atoms with Crippen LogP contribution in [0.4, 0.5) is 0 Å². The van der Waals surface area contributed by atoms with E-state index in [1.165, 1.54) is 116 Å². The first-order chi connectivity index (χ1) is 10.9. The molecule has 128 valence electrons. The third-order valence-electron chi connectivity index (χ3n) is 5.47. The first-order valence-corrected chi connectivity index (χ1v) is 10.3. The van der Waals surface area contributed by atoms with Gasteiger partial charge in [0.25, 0.3) is 5.84 Å². The van der Waals surface area contributed by atoms with Crippen LogP contribution in [-0.2, 0) is 0 Å². The van der Waals surface area contributed by atoms with E-state index >= 15 is 0 Å². The van der Waals surface area contributed by atoms with Gasteiger partial charge in [-0.05, 0) is 38.5 Å². The minimum Gasteiger partial charge on any atom is -0.266 e. The van der Waals surface area contributed by atoms with Crippen molar-refractivity contribution in [2.24, 2.45) is 0 Å². The molecule has 2 aliphatic heterocycles. The lowest BCUT2D eigenvalue weighted by molar-refractivity contribution is -0.558. The zero-order chi connectivity index (χ0) is 15.5. The summed E-state index contributed by atoms with van der Waals surface area (Å²) in [5.41, 5.74) is 0. The van der Waals surface area contributed by atoms with Crippen molar-refractivity contribution in [3.8, 4) is 0 Å². The molecule has 0 aliphatic carbocycles. The van der Waals surface area contributed by atoms with Crippen LogP contribution in [-0.4, -0.2) is 41.5 Å². The molecule has 0 unspecified atom stereocenters. The molecule has 0 aromatic heterocycles. The number of unbranched alkanes of at least 4 members (excludes halogenated alkanes) is 8. The molecule has 0 saturated heterocycles. The smallest absolute Gasteiger partial charge is 0.250 e. The molecule has 0 saturated carbocycles. The summed E-state index contributed by atoms with van der Waals surface area (Å²) in [6.07, 6.45) is 20.0. The Bertz CT molecular complexity index is 322. The third-order valence-corrected chi connectivity index (χ3v) is 5.47. The molecule has 0 aromatic carbocycles. The molecule has 0 N–H and O–H groups in total. The predicted molar refractivity (Wildman–Crippen MR) is 96.9 cm³/mol. The summed E-state index contributed by atoms with van der Waals surface area (Å²) in [4.78, 5) is 2.73. The van der Waals surface area contributed by atoms with Gasteiger partial charge in [-0.2, -0.15) is 0 Å². The molecular weight excluding hydrogens is 268 g/mol. The molecule has 0 amide bonds. The molecule has 2 rings (SSSR count). The maximum atomic E-state index is 2.73. The molecule has 2 aliphatic rings. The Hall–Kier alpha value is -0.530. The van der Waals surface area contributed by atoms with E-state index in [9.17, 15) is 0 Å². The quantitative estimate of drug-likeness (QED) is 0.397. The van der Waals surface area contributed by atoms with E-state index in [0.717, 1.165) is 0 Å². The Morgan fingerprint density at radius 1 is 0.773 bits per heavy atom. The zero-order valence-corrected chi connectivity index (χ0v) is 15.1. The van der Waals surface area contributed by atoms with Crippen molar-refractivity contribution in [1.29, 1.82) is 0 Å². The largest absolute Gasteiger partial charge is 0.266 e. The van der Waals surface area contributed by atoms with Gasteiger partial charge in [-0.25, -0.2) is 0 Å². The third kappa shape index (κ3) is 6.30. The van der Waals surface area contributed by atoms with Crippen LogP contribution >= 0.6 is 0 Å². The highest BCUT2D eigenvalue weighted by atomic mass is 15.3. The first kappa shape index (κ1) is 17.8. The fraction of sp³-hybridized carbons (Fsp3) is 0.950. The summed E-state index contributed by atoms with van der Waals surface area (Å²) in [6.45, 7) is 7.59. The summed E-state index contributed by atoms with van der Waals surface area (Å²) < 4.78 is 2.65. The highest BCUT2D eigenvalue weighted by Gasteiger charge is 2.30. The average molecular weight is 308 g/mol. The lowest BCUT2D eigenvalue weighted by Gasteiger charge is -2.27. The summed E-state index contributed by atoms with van der Waals surface area (Å²) >= 11 is 0. The van der Waals surface area contributed by atoms with Crippen LogP contribution in [0.15, 0.2) is 0 Å². The minimum atomic E-state index is 1.32. The van der Waals surface area contributed by atoms with Gasteiger partial charge in [-0.1, -0.05) is 51.9 Å². The SMILES string of the molecule is CCCCCCCCCCCN1CCCCCC[N+]2=C1CC2. The van der Waals surface area contributed by atoms with Gasteiger partial charge in [0.05, 0.1) is 32.6 Å². The fourth-order valence-electron chi connectivity index (χ4n) is 3.91. The predicted octanol–water partition coefficient (Wildman–Crippen LogP) is 5.21. The monoisotopic (exact) mass is 307 g/mol. The molecule has 0 bridgehead atoms. The fourth-order valence-corrected chi connectivity index (χ4v) is 3.91. The number of hydrogen-bond acceptors (Lipinski definition) is 1. The average Bonchev–Trinajstić information content (AvgIpc) is 2.56. The maximum Gasteiger partial charge on any atom is 0.250 e. The number of hydrogen-bond donors (Lipinski definition) is 0. The number of nitrogens with zero attached hydrogens (tertiary/aromatic N) is 2. The Balaban J connectivity index is 1.55. The molecule has 2 nitrogen and oxygen atoms in total. The van der Waals surface area contributed by atoms with Crippen LogP contribution in [0.25, 0.3) is 0 Å². The molecule has 0 fully saturated rings. The van der Waals surface area contributed by atoms with Gasteiger partial charge in [0.2, 0.25) is 0 Å². The molecule has 22 heavy (non-hydrogen) atoms. The Kier molecular flexibility index (Phi) is 8.97. The van der Waals surface area contributed by atoms with Crippen molar-refractivity contribution >= 4 is 5.84 Å². The highest BCUT2D eigenvalue weighted by molar-refractivity contribution is 5.80. The first-order valence-electron chi connectivity index (χ1n) is 10.3. The highest BCUT2D eigenvalue weighted by Crippen LogP contribution is 2.16. The van der Waals surface area contributed by atoms with E-state index in [1.807, 2.05) is 0 Å². The van der Waals surface area contributed by atoms with Crippen LogP contribution in [0.5, 0.6) is 0 Å². The van der Waals surface area contributed by atoms with E-state index in [0.29, 0.717) is 0 Å². The molecule has 2 heteroatoms. The molecule has 2 heterocycles. The van der Waals surface area contributed by atoms with Crippen molar-refractivity contribution in [3.63, 3.8) is 0 Å². The number of amidine groups is 1. The number of rotatable bonds is 10. The summed E-state index contributed by atoms with van der Waals surface area (Å²) in [7, 11) is 0. The minimum absolute atomic E-state index is 1.32. The molecule has 0 radical (unpaired) electrons. The van der Waals surface area contributed by atoms with Crippen molar-refractivity contribution in [3.05, 3.63) is 0 Å². The standard InChI is InChI=1S/C20H39N2/c1-2-3-4-5-6-7-8-9-12-16-21-17-13-10-11-14-18-22-19-15-20(21)22/h2-19H2,1H3/q+1. The van der Waals surface area contributed by atoms with Crippen molar-refractivity contribution in [2.45, 2.75) is 96.8 Å². The lowest BCUT2D eigenvalue weighted by Crippen LogP contribution is -2.47. The van der Waals surface area contributed by atoms with E-state index in [2.05, 4.69) is 16.4 Å². The topological polar surface area (TPSA) is 6.25 Å². The zero-order valence-electron chi connectivity index (χ0n) is 15.1. The second-order valence-electron chi connectivity index (χ2n) is 7.38. The van der Waals surface area contributed by atoms with Gasteiger partial charge in [0.1, 0.15) is 0 Å². The lowest BCUT2D eigenvalue weighted by atomic mass is 10.1. The van der Waals surface area contributed by atoms with E-state index in [1.54, 1.807) is 5.84 Å². The second kappa shape index (κ2) is 11.1. The van der Waals surface area contributed by atoms with Crippen LogP contribution in [0.3, 0.4) is 0 Å². The van der Waals surface area contributed by atoms with Crippen LogP contribution in [0.1, 0.15) is 96.8 Å². The second-order valence-corrected chi connectivity index (χ2v) is 7.38. The van der Waals surface area contributed by atoms with E-state index in [-0.39, 0.29) is 0 Å².